The van der Waals surface area contributed by atoms with Gasteiger partial charge in [0.15, 0.2) is 0 Å². The zero-order chi connectivity index (χ0) is 12.2. The van der Waals surface area contributed by atoms with Crippen LogP contribution in [0.2, 0.25) is 0 Å². The Hall–Kier alpha value is -1.26. The van der Waals surface area contributed by atoms with E-state index in [9.17, 15) is 9.59 Å². The molecule has 0 atom stereocenters. The monoisotopic (exact) mass is 228 g/mol. The number of hydrogen-bond acceptors (Lipinski definition) is 2. The van der Waals surface area contributed by atoms with Gasteiger partial charge in [-0.15, -0.1) is 0 Å². The van der Waals surface area contributed by atoms with E-state index >= 15 is 0 Å². The molecule has 1 aliphatic rings. The number of urea groups is 1. The van der Waals surface area contributed by atoms with E-state index in [1.165, 1.54) is 4.90 Å². The van der Waals surface area contributed by atoms with Crippen LogP contribution in [-0.4, -0.2) is 40.6 Å². The van der Waals surface area contributed by atoms with Gasteiger partial charge in [-0.3, -0.25) is 4.79 Å². The van der Waals surface area contributed by atoms with E-state index in [0.29, 0.717) is 6.54 Å². The summed E-state index contributed by atoms with van der Waals surface area (Å²) in [6.07, 6.45) is 4.04. The third-order valence-corrected chi connectivity index (χ3v) is 3.35. The van der Waals surface area contributed by atoms with E-state index in [0.717, 1.165) is 25.7 Å². The van der Waals surface area contributed by atoms with Gasteiger partial charge in [-0.2, -0.15) is 0 Å². The molecule has 2 amide bonds. The molecular formula is C11H20N2O3. The summed E-state index contributed by atoms with van der Waals surface area (Å²) in [7, 11) is 0. The fourth-order valence-corrected chi connectivity index (χ4v) is 1.97. The first kappa shape index (κ1) is 12.8. The number of hydrogen-bond donors (Lipinski definition) is 2. The summed E-state index contributed by atoms with van der Waals surface area (Å²) in [5.74, 6) is -0.976. The summed E-state index contributed by atoms with van der Waals surface area (Å²) < 4.78 is 0. The minimum absolute atomic E-state index is 0.0804. The van der Waals surface area contributed by atoms with Gasteiger partial charge in [-0.25, -0.2) is 4.79 Å². The van der Waals surface area contributed by atoms with E-state index in [2.05, 4.69) is 5.32 Å². The van der Waals surface area contributed by atoms with Crippen molar-refractivity contribution in [3.8, 4) is 0 Å². The van der Waals surface area contributed by atoms with Gasteiger partial charge >= 0.3 is 12.0 Å². The van der Waals surface area contributed by atoms with Crippen LogP contribution >= 0.6 is 0 Å². The zero-order valence-electron chi connectivity index (χ0n) is 9.95. The molecule has 0 spiro atoms. The molecule has 1 aliphatic carbocycles. The van der Waals surface area contributed by atoms with Crippen LogP contribution in [0.25, 0.3) is 0 Å². The highest BCUT2D eigenvalue weighted by atomic mass is 16.4. The first-order valence-electron chi connectivity index (χ1n) is 5.82. The lowest BCUT2D eigenvalue weighted by molar-refractivity contribution is -0.137. The average molecular weight is 228 g/mol. The van der Waals surface area contributed by atoms with Crippen molar-refractivity contribution in [1.29, 1.82) is 0 Å². The largest absolute Gasteiger partial charge is 0.480 e. The normalized spacial score (nSPS) is 17.4. The van der Waals surface area contributed by atoms with Gasteiger partial charge in [0.2, 0.25) is 0 Å². The second kappa shape index (κ2) is 5.18. The second-order valence-corrected chi connectivity index (χ2v) is 4.33. The van der Waals surface area contributed by atoms with Crippen LogP contribution in [0.3, 0.4) is 0 Å². The van der Waals surface area contributed by atoms with Gasteiger partial charge in [0.05, 0.1) is 0 Å². The summed E-state index contributed by atoms with van der Waals surface area (Å²) in [6.45, 7) is 4.01. The third kappa shape index (κ3) is 2.87. The van der Waals surface area contributed by atoms with Crippen LogP contribution < -0.4 is 5.32 Å². The molecule has 0 unspecified atom stereocenters. The zero-order valence-corrected chi connectivity index (χ0v) is 9.95. The van der Waals surface area contributed by atoms with E-state index < -0.39 is 5.97 Å². The van der Waals surface area contributed by atoms with E-state index in [1.54, 1.807) is 6.92 Å². The van der Waals surface area contributed by atoms with Crippen molar-refractivity contribution in [2.45, 2.75) is 45.1 Å². The second-order valence-electron chi connectivity index (χ2n) is 4.33. The van der Waals surface area contributed by atoms with Gasteiger partial charge < -0.3 is 15.3 Å². The molecule has 0 aromatic rings. The molecule has 0 heterocycles. The molecule has 92 valence electrons. The highest BCUT2D eigenvalue weighted by molar-refractivity contribution is 5.80. The molecule has 0 radical (unpaired) electrons. The van der Waals surface area contributed by atoms with Crippen molar-refractivity contribution < 1.29 is 14.7 Å². The number of likely N-dealkylation sites (N-methyl/N-ethyl adjacent to an activating group) is 1. The predicted octanol–water partition coefficient (Wildman–Crippen LogP) is 1.44. The molecule has 0 aromatic heterocycles. The van der Waals surface area contributed by atoms with Crippen molar-refractivity contribution in [3.63, 3.8) is 0 Å². The minimum Gasteiger partial charge on any atom is -0.480 e. The molecule has 1 rings (SSSR count). The van der Waals surface area contributed by atoms with Crippen LogP contribution in [0.5, 0.6) is 0 Å². The number of carbonyl (C=O) groups is 2. The number of nitrogens with one attached hydrogen (secondary N) is 1. The van der Waals surface area contributed by atoms with Crippen LogP contribution in [0.15, 0.2) is 0 Å². The highest BCUT2D eigenvalue weighted by Gasteiger charge is 2.37. The maximum Gasteiger partial charge on any atom is 0.323 e. The number of carbonyl (C=O) groups excluding carboxylic acids is 1. The Kier molecular flexibility index (Phi) is 4.15. The molecule has 0 aromatic carbocycles. The Bertz CT molecular complexity index is 269. The Morgan fingerprint density at radius 2 is 2.00 bits per heavy atom. The van der Waals surface area contributed by atoms with Gasteiger partial charge in [0, 0.05) is 12.1 Å². The molecule has 1 fully saturated rings. The van der Waals surface area contributed by atoms with Gasteiger partial charge in [0.1, 0.15) is 6.54 Å². The number of amides is 2. The Morgan fingerprint density at radius 1 is 1.38 bits per heavy atom. The molecule has 5 nitrogen and oxygen atoms in total. The predicted molar refractivity (Wildman–Crippen MR) is 60.3 cm³/mol. The topological polar surface area (TPSA) is 69.6 Å². The third-order valence-electron chi connectivity index (χ3n) is 3.35. The van der Waals surface area contributed by atoms with Crippen LogP contribution in [0, 0.1) is 0 Å². The van der Waals surface area contributed by atoms with Crippen LogP contribution in [0.4, 0.5) is 4.79 Å². The van der Waals surface area contributed by atoms with Gasteiger partial charge in [0.25, 0.3) is 0 Å². The fourth-order valence-electron chi connectivity index (χ4n) is 1.97. The van der Waals surface area contributed by atoms with E-state index in [1.807, 2.05) is 6.92 Å². The summed E-state index contributed by atoms with van der Waals surface area (Å²) in [5.41, 5.74) is -0.0804. The number of aliphatic carboxylic acids is 1. The maximum atomic E-state index is 11.8. The van der Waals surface area contributed by atoms with Crippen molar-refractivity contribution in [2.24, 2.45) is 0 Å². The maximum absolute atomic E-state index is 11.8. The molecule has 16 heavy (non-hydrogen) atoms. The highest BCUT2D eigenvalue weighted by Crippen LogP contribution is 2.34. The minimum atomic E-state index is -0.976. The summed E-state index contributed by atoms with van der Waals surface area (Å²) in [4.78, 5) is 23.7. The van der Waals surface area contributed by atoms with Crippen LogP contribution in [0.1, 0.15) is 39.5 Å². The van der Waals surface area contributed by atoms with E-state index in [-0.39, 0.29) is 18.1 Å². The number of nitrogens with zero attached hydrogens (tertiary/aromatic N) is 1. The number of carboxylic acid groups (broad SMARTS) is 1. The first-order valence-corrected chi connectivity index (χ1v) is 5.82. The molecule has 2 N–H and O–H groups in total. The van der Waals surface area contributed by atoms with Crippen LogP contribution in [-0.2, 0) is 4.79 Å². The number of rotatable bonds is 5. The standard InChI is InChI=1S/C11H20N2O3/c1-3-11(6-5-7-11)12-10(16)13(4-2)8-9(14)15/h3-8H2,1-2H3,(H,12,16)(H,14,15). The molecular weight excluding hydrogens is 208 g/mol. The number of carboxylic acids is 1. The van der Waals surface area contributed by atoms with Crippen molar-refractivity contribution in [1.82, 2.24) is 10.2 Å². The molecule has 0 aliphatic heterocycles. The molecule has 0 bridgehead atoms. The Labute approximate surface area is 95.8 Å². The van der Waals surface area contributed by atoms with Crippen molar-refractivity contribution in [3.05, 3.63) is 0 Å². The lowest BCUT2D eigenvalue weighted by Crippen LogP contribution is -2.57. The summed E-state index contributed by atoms with van der Waals surface area (Å²) in [6, 6.07) is -0.258. The first-order chi connectivity index (χ1) is 7.53. The lowest BCUT2D eigenvalue weighted by atomic mass is 9.75. The molecule has 0 saturated heterocycles. The lowest BCUT2D eigenvalue weighted by Gasteiger charge is -2.43. The average Bonchev–Trinajstić information content (AvgIpc) is 2.19. The van der Waals surface area contributed by atoms with Crippen molar-refractivity contribution in [2.75, 3.05) is 13.1 Å². The molecule has 1 saturated carbocycles. The quantitative estimate of drug-likeness (QED) is 0.748. The van der Waals surface area contributed by atoms with E-state index in [4.69, 9.17) is 5.11 Å². The van der Waals surface area contributed by atoms with Crippen molar-refractivity contribution >= 4 is 12.0 Å². The van der Waals surface area contributed by atoms with Gasteiger partial charge in [-0.1, -0.05) is 6.92 Å². The SMILES string of the molecule is CCN(CC(=O)O)C(=O)NC1(CC)CCC1. The smallest absolute Gasteiger partial charge is 0.323 e. The summed E-state index contributed by atoms with van der Waals surface area (Å²) >= 11 is 0. The fraction of sp³-hybridized carbons (Fsp3) is 0.818. The summed E-state index contributed by atoms with van der Waals surface area (Å²) in [5, 5.41) is 11.6. The Morgan fingerprint density at radius 3 is 2.31 bits per heavy atom. The molecule has 5 heteroatoms. The van der Waals surface area contributed by atoms with Gasteiger partial charge in [-0.05, 0) is 32.6 Å². The Balaban J connectivity index is 2.51.